The molecular formula is C16H27N3. The average molecular weight is 261 g/mol. The molecule has 0 unspecified atom stereocenters. The van der Waals surface area contributed by atoms with Crippen molar-refractivity contribution < 1.29 is 0 Å². The number of nitrogens with zero attached hydrogens (tertiary/aromatic N) is 2. The monoisotopic (exact) mass is 261 g/mol. The molecule has 19 heavy (non-hydrogen) atoms. The molecule has 3 heteroatoms. The number of likely N-dealkylation sites (N-methyl/N-ethyl adjacent to an activating group) is 1. The lowest BCUT2D eigenvalue weighted by Crippen LogP contribution is -2.28. The number of anilines is 1. The zero-order valence-corrected chi connectivity index (χ0v) is 13.0. The third-order valence-corrected chi connectivity index (χ3v) is 3.15. The maximum Gasteiger partial charge on any atom is 0.133 e. The molecule has 3 nitrogen and oxygen atoms in total. The van der Waals surface area contributed by atoms with Crippen molar-refractivity contribution in [1.82, 2.24) is 10.3 Å². The molecule has 0 aromatic carbocycles. The van der Waals surface area contributed by atoms with Gasteiger partial charge in [-0.05, 0) is 45.9 Å². The van der Waals surface area contributed by atoms with Crippen LogP contribution in [-0.2, 0) is 6.54 Å². The highest BCUT2D eigenvalue weighted by Gasteiger charge is 2.14. The van der Waals surface area contributed by atoms with Gasteiger partial charge in [0.05, 0.1) is 0 Å². The fraction of sp³-hybridized carbons (Fsp3) is 0.562. The number of rotatable bonds is 7. The highest BCUT2D eigenvalue weighted by Crippen LogP contribution is 2.23. The lowest BCUT2D eigenvalue weighted by Gasteiger charge is -2.26. The first kappa shape index (κ1) is 15.7. The Labute approximate surface area is 117 Å². The van der Waals surface area contributed by atoms with Crippen molar-refractivity contribution in [2.75, 3.05) is 24.5 Å². The number of hydrogen-bond acceptors (Lipinski definition) is 3. The van der Waals surface area contributed by atoms with E-state index in [2.05, 4.69) is 57.5 Å². The van der Waals surface area contributed by atoms with Gasteiger partial charge in [-0.3, -0.25) is 0 Å². The SMILES string of the molecule is C=C(C)CN(CC)c1nc(C)cc(C)c1CNCC. The third kappa shape index (κ3) is 4.35. The second-order valence-electron chi connectivity index (χ2n) is 5.13. The number of pyridine rings is 1. The molecule has 0 aliphatic heterocycles. The van der Waals surface area contributed by atoms with Crippen LogP contribution in [0.2, 0.25) is 0 Å². The van der Waals surface area contributed by atoms with Gasteiger partial charge in [0, 0.05) is 30.9 Å². The second-order valence-corrected chi connectivity index (χ2v) is 5.13. The molecule has 0 radical (unpaired) electrons. The molecule has 1 heterocycles. The molecule has 0 spiro atoms. The Bertz CT molecular complexity index is 438. The molecule has 0 aliphatic rings. The normalized spacial score (nSPS) is 10.6. The molecule has 0 saturated carbocycles. The van der Waals surface area contributed by atoms with Crippen molar-refractivity contribution in [3.63, 3.8) is 0 Å². The maximum absolute atomic E-state index is 4.76. The molecule has 1 rings (SSSR count). The van der Waals surface area contributed by atoms with Crippen LogP contribution in [0.1, 0.15) is 37.6 Å². The van der Waals surface area contributed by atoms with Crippen molar-refractivity contribution in [3.8, 4) is 0 Å². The molecular weight excluding hydrogens is 234 g/mol. The summed E-state index contributed by atoms with van der Waals surface area (Å²) in [5.41, 5.74) is 4.85. The first-order chi connectivity index (χ1) is 8.99. The molecule has 0 aliphatic carbocycles. The Hall–Kier alpha value is -1.35. The molecule has 1 aromatic rings. The van der Waals surface area contributed by atoms with Gasteiger partial charge < -0.3 is 10.2 Å². The number of aromatic nitrogens is 1. The lowest BCUT2D eigenvalue weighted by atomic mass is 10.1. The molecule has 1 aromatic heterocycles. The van der Waals surface area contributed by atoms with Gasteiger partial charge in [0.1, 0.15) is 5.82 Å². The van der Waals surface area contributed by atoms with Gasteiger partial charge in [-0.25, -0.2) is 4.98 Å². The van der Waals surface area contributed by atoms with Crippen LogP contribution in [0.5, 0.6) is 0 Å². The number of nitrogens with one attached hydrogen (secondary N) is 1. The zero-order valence-electron chi connectivity index (χ0n) is 13.0. The summed E-state index contributed by atoms with van der Waals surface area (Å²) >= 11 is 0. The van der Waals surface area contributed by atoms with E-state index in [1.165, 1.54) is 11.1 Å². The molecule has 0 atom stereocenters. The summed E-state index contributed by atoms with van der Waals surface area (Å²) < 4.78 is 0. The first-order valence-electron chi connectivity index (χ1n) is 7.06. The van der Waals surface area contributed by atoms with Crippen molar-refractivity contribution in [3.05, 3.63) is 35.0 Å². The van der Waals surface area contributed by atoms with E-state index in [4.69, 9.17) is 4.98 Å². The van der Waals surface area contributed by atoms with Crippen molar-refractivity contribution >= 4 is 5.82 Å². The van der Waals surface area contributed by atoms with Crippen molar-refractivity contribution in [2.45, 2.75) is 41.2 Å². The fourth-order valence-corrected chi connectivity index (χ4v) is 2.24. The summed E-state index contributed by atoms with van der Waals surface area (Å²) in [6.07, 6.45) is 0. The van der Waals surface area contributed by atoms with Gasteiger partial charge in [0.25, 0.3) is 0 Å². The van der Waals surface area contributed by atoms with Crippen LogP contribution >= 0.6 is 0 Å². The van der Waals surface area contributed by atoms with Crippen molar-refractivity contribution in [2.24, 2.45) is 0 Å². The molecule has 0 fully saturated rings. The van der Waals surface area contributed by atoms with E-state index >= 15 is 0 Å². The van der Waals surface area contributed by atoms with E-state index in [0.717, 1.165) is 43.3 Å². The lowest BCUT2D eigenvalue weighted by molar-refractivity contribution is 0.712. The summed E-state index contributed by atoms with van der Waals surface area (Å²) in [6, 6.07) is 2.16. The molecule has 0 bridgehead atoms. The van der Waals surface area contributed by atoms with Gasteiger partial charge in [-0.1, -0.05) is 19.1 Å². The van der Waals surface area contributed by atoms with Crippen LogP contribution < -0.4 is 10.2 Å². The summed E-state index contributed by atoms with van der Waals surface area (Å²) in [5, 5.41) is 3.41. The predicted octanol–water partition coefficient (Wildman–Crippen LogP) is 3.21. The van der Waals surface area contributed by atoms with Gasteiger partial charge in [-0.15, -0.1) is 0 Å². The molecule has 1 N–H and O–H groups in total. The van der Waals surface area contributed by atoms with Crippen LogP contribution in [0.15, 0.2) is 18.2 Å². The minimum Gasteiger partial charge on any atom is -0.353 e. The Morgan fingerprint density at radius 1 is 1.37 bits per heavy atom. The average Bonchev–Trinajstić information content (AvgIpc) is 2.34. The predicted molar refractivity (Wildman–Crippen MR) is 83.8 cm³/mol. The highest BCUT2D eigenvalue weighted by atomic mass is 15.2. The Balaban J connectivity index is 3.17. The van der Waals surface area contributed by atoms with Gasteiger partial charge in [0.2, 0.25) is 0 Å². The second kappa shape index (κ2) is 7.29. The fourth-order valence-electron chi connectivity index (χ4n) is 2.24. The van der Waals surface area contributed by atoms with Gasteiger partial charge >= 0.3 is 0 Å². The van der Waals surface area contributed by atoms with E-state index in [1.807, 2.05) is 0 Å². The Morgan fingerprint density at radius 3 is 2.58 bits per heavy atom. The van der Waals surface area contributed by atoms with E-state index in [1.54, 1.807) is 0 Å². The minimum atomic E-state index is 0.867. The largest absolute Gasteiger partial charge is 0.353 e. The number of hydrogen-bond donors (Lipinski definition) is 1. The van der Waals surface area contributed by atoms with E-state index in [9.17, 15) is 0 Å². The smallest absolute Gasteiger partial charge is 0.133 e. The van der Waals surface area contributed by atoms with Crippen LogP contribution in [0.3, 0.4) is 0 Å². The summed E-state index contributed by atoms with van der Waals surface area (Å²) in [4.78, 5) is 7.06. The van der Waals surface area contributed by atoms with Crippen LogP contribution in [-0.4, -0.2) is 24.6 Å². The van der Waals surface area contributed by atoms with E-state index in [0.29, 0.717) is 0 Å². The van der Waals surface area contributed by atoms with Crippen LogP contribution in [0.4, 0.5) is 5.82 Å². The molecule has 0 amide bonds. The minimum absolute atomic E-state index is 0.867. The Kier molecular flexibility index (Phi) is 6.03. The topological polar surface area (TPSA) is 28.2 Å². The first-order valence-corrected chi connectivity index (χ1v) is 7.06. The summed E-state index contributed by atoms with van der Waals surface area (Å²) in [5.74, 6) is 1.10. The van der Waals surface area contributed by atoms with Crippen LogP contribution in [0.25, 0.3) is 0 Å². The summed E-state index contributed by atoms with van der Waals surface area (Å²) in [6.45, 7) is 18.3. The maximum atomic E-state index is 4.76. The van der Waals surface area contributed by atoms with E-state index < -0.39 is 0 Å². The molecule has 106 valence electrons. The zero-order chi connectivity index (χ0) is 14.4. The van der Waals surface area contributed by atoms with Crippen molar-refractivity contribution in [1.29, 1.82) is 0 Å². The number of aryl methyl sites for hydroxylation is 2. The highest BCUT2D eigenvalue weighted by molar-refractivity contribution is 5.52. The quantitative estimate of drug-likeness (QED) is 0.764. The summed E-state index contributed by atoms with van der Waals surface area (Å²) in [7, 11) is 0. The van der Waals surface area contributed by atoms with E-state index in [-0.39, 0.29) is 0 Å². The van der Waals surface area contributed by atoms with Gasteiger partial charge in [0.15, 0.2) is 0 Å². The molecule has 0 saturated heterocycles. The standard InChI is InChI=1S/C16H27N3/c1-7-17-10-15-13(5)9-14(6)18-16(15)19(8-2)11-12(3)4/h9,17H,3,7-8,10-11H2,1-2,4-6H3. The Morgan fingerprint density at radius 2 is 2.05 bits per heavy atom. The van der Waals surface area contributed by atoms with Crippen LogP contribution in [0, 0.1) is 13.8 Å². The third-order valence-electron chi connectivity index (χ3n) is 3.15. The van der Waals surface area contributed by atoms with Gasteiger partial charge in [-0.2, -0.15) is 0 Å².